The smallest absolute Gasteiger partial charge is 0.242 e. The Balaban J connectivity index is 1.45. The second-order valence-corrected chi connectivity index (χ2v) is 8.42. The molecular weight excluding hydrogens is 411 g/mol. The Kier molecular flexibility index (Phi) is 7.50. The fourth-order valence-corrected chi connectivity index (χ4v) is 4.21. The van der Waals surface area contributed by atoms with Crippen LogP contribution in [-0.2, 0) is 32.1 Å². The second-order valence-electron chi connectivity index (χ2n) is 8.42. The molecule has 4 rings (SSSR count). The zero-order valence-corrected chi connectivity index (χ0v) is 18.1. The van der Waals surface area contributed by atoms with Gasteiger partial charge in [-0.2, -0.15) is 0 Å². The molecule has 32 heavy (non-hydrogen) atoms. The van der Waals surface area contributed by atoms with E-state index in [1.54, 1.807) is 21.9 Å². The predicted molar refractivity (Wildman–Crippen MR) is 117 cm³/mol. The molecule has 2 aromatic rings. The summed E-state index contributed by atoms with van der Waals surface area (Å²) >= 11 is 0. The van der Waals surface area contributed by atoms with E-state index >= 15 is 0 Å². The summed E-state index contributed by atoms with van der Waals surface area (Å²) in [5.74, 6) is -0.655. The first kappa shape index (κ1) is 22.4. The van der Waals surface area contributed by atoms with Crippen LogP contribution in [0.4, 0.5) is 4.39 Å². The van der Waals surface area contributed by atoms with Crippen molar-refractivity contribution in [2.24, 2.45) is 5.92 Å². The van der Waals surface area contributed by atoms with Crippen molar-refractivity contribution in [2.45, 2.75) is 25.6 Å². The van der Waals surface area contributed by atoms with Crippen molar-refractivity contribution < 1.29 is 23.5 Å². The normalized spacial score (nSPS) is 21.6. The lowest BCUT2D eigenvalue weighted by Crippen LogP contribution is -2.43. The van der Waals surface area contributed by atoms with Gasteiger partial charge in [0.2, 0.25) is 11.8 Å². The van der Waals surface area contributed by atoms with Gasteiger partial charge in [-0.25, -0.2) is 4.39 Å². The van der Waals surface area contributed by atoms with Crippen LogP contribution in [0.25, 0.3) is 0 Å². The maximum atomic E-state index is 13.5. The Morgan fingerprint density at radius 2 is 1.91 bits per heavy atom. The molecule has 2 heterocycles. The molecule has 0 unspecified atom stereocenters. The van der Waals surface area contributed by atoms with E-state index in [9.17, 15) is 14.0 Å². The van der Waals surface area contributed by atoms with Crippen molar-refractivity contribution >= 4 is 11.8 Å². The molecular formula is C25H29FN2O4. The van der Waals surface area contributed by atoms with Crippen LogP contribution >= 0.6 is 0 Å². The quantitative estimate of drug-likeness (QED) is 0.664. The highest BCUT2D eigenvalue weighted by Crippen LogP contribution is 2.19. The Morgan fingerprint density at radius 3 is 2.66 bits per heavy atom. The number of carbonyl (C=O) groups is 2. The Hall–Kier alpha value is -2.77. The fraction of sp³-hybridized carbons (Fsp3) is 0.440. The predicted octanol–water partition coefficient (Wildman–Crippen LogP) is 2.66. The maximum Gasteiger partial charge on any atom is 0.242 e. The summed E-state index contributed by atoms with van der Waals surface area (Å²) in [7, 11) is 0. The SMILES string of the molecule is O=C1CN(C(=O)[C@@H]2CCOC2)C[C@@H](OCc2cccc(F)c2)CN1CCc1ccccc1. The van der Waals surface area contributed by atoms with Gasteiger partial charge in [0.1, 0.15) is 5.82 Å². The average molecular weight is 441 g/mol. The number of nitrogens with zero attached hydrogens (tertiary/aromatic N) is 2. The van der Waals surface area contributed by atoms with Gasteiger partial charge in [0.15, 0.2) is 0 Å². The standard InChI is InChI=1S/C25H29FN2O4/c26-22-8-4-7-20(13-22)17-32-23-14-27(11-9-19-5-2-1-3-6-19)24(29)16-28(15-23)25(30)21-10-12-31-18-21/h1-8,13,21,23H,9-12,14-18H2/t21-,23+/m1/s1. The number of rotatable bonds is 7. The van der Waals surface area contributed by atoms with E-state index in [0.29, 0.717) is 39.3 Å². The molecule has 2 aromatic carbocycles. The minimum Gasteiger partial charge on any atom is -0.381 e. The van der Waals surface area contributed by atoms with Crippen LogP contribution in [0.3, 0.4) is 0 Å². The molecule has 2 aliphatic heterocycles. The van der Waals surface area contributed by atoms with Crippen LogP contribution in [-0.4, -0.2) is 67.1 Å². The topological polar surface area (TPSA) is 59.1 Å². The van der Waals surface area contributed by atoms with Crippen LogP contribution in [0.15, 0.2) is 54.6 Å². The van der Waals surface area contributed by atoms with Crippen LogP contribution in [0, 0.1) is 11.7 Å². The highest BCUT2D eigenvalue weighted by Gasteiger charge is 2.35. The van der Waals surface area contributed by atoms with Crippen molar-refractivity contribution in [3.8, 4) is 0 Å². The van der Waals surface area contributed by atoms with Crippen LogP contribution in [0.2, 0.25) is 0 Å². The molecule has 0 bridgehead atoms. The van der Waals surface area contributed by atoms with Gasteiger partial charge in [-0.1, -0.05) is 42.5 Å². The molecule has 6 nitrogen and oxygen atoms in total. The number of carbonyl (C=O) groups excluding carboxylic acids is 2. The third-order valence-electron chi connectivity index (χ3n) is 6.01. The third-order valence-corrected chi connectivity index (χ3v) is 6.01. The van der Waals surface area contributed by atoms with E-state index < -0.39 is 0 Å². The number of benzene rings is 2. The first-order chi connectivity index (χ1) is 15.6. The molecule has 0 saturated carbocycles. The van der Waals surface area contributed by atoms with Crippen molar-refractivity contribution in [3.63, 3.8) is 0 Å². The monoisotopic (exact) mass is 440 g/mol. The van der Waals surface area contributed by atoms with Crippen molar-refractivity contribution in [2.75, 3.05) is 39.4 Å². The fourth-order valence-electron chi connectivity index (χ4n) is 4.21. The van der Waals surface area contributed by atoms with Gasteiger partial charge in [-0.3, -0.25) is 9.59 Å². The zero-order valence-electron chi connectivity index (χ0n) is 18.1. The second kappa shape index (κ2) is 10.7. The first-order valence-electron chi connectivity index (χ1n) is 11.1. The van der Waals surface area contributed by atoms with Crippen LogP contribution in [0.1, 0.15) is 17.5 Å². The van der Waals surface area contributed by atoms with Gasteiger partial charge in [-0.05, 0) is 36.1 Å². The molecule has 170 valence electrons. The van der Waals surface area contributed by atoms with Gasteiger partial charge >= 0.3 is 0 Å². The van der Waals surface area contributed by atoms with Crippen LogP contribution < -0.4 is 0 Å². The first-order valence-corrected chi connectivity index (χ1v) is 11.1. The Bertz CT molecular complexity index is 917. The number of ether oxygens (including phenoxy) is 2. The van der Waals surface area contributed by atoms with E-state index in [1.807, 2.05) is 30.3 Å². The summed E-state index contributed by atoms with van der Waals surface area (Å²) in [5, 5.41) is 0. The maximum absolute atomic E-state index is 13.5. The number of amides is 2. The summed E-state index contributed by atoms with van der Waals surface area (Å²) in [6.45, 7) is 2.51. The zero-order chi connectivity index (χ0) is 22.3. The summed E-state index contributed by atoms with van der Waals surface area (Å²) in [6, 6.07) is 16.3. The third kappa shape index (κ3) is 5.93. The number of halogens is 1. The molecule has 2 saturated heterocycles. The molecule has 2 atom stereocenters. The summed E-state index contributed by atoms with van der Waals surface area (Å²) < 4.78 is 25.0. The van der Waals surface area contributed by atoms with Gasteiger partial charge in [0.05, 0.1) is 31.8 Å². The number of hydrogen-bond acceptors (Lipinski definition) is 4. The van der Waals surface area contributed by atoms with Crippen molar-refractivity contribution in [3.05, 3.63) is 71.5 Å². The van der Waals surface area contributed by atoms with Gasteiger partial charge < -0.3 is 19.3 Å². The Labute approximate surface area is 187 Å². The van der Waals surface area contributed by atoms with Crippen molar-refractivity contribution in [1.29, 1.82) is 0 Å². The molecule has 0 radical (unpaired) electrons. The summed E-state index contributed by atoms with van der Waals surface area (Å²) in [4.78, 5) is 29.4. The minimum atomic E-state index is -0.355. The average Bonchev–Trinajstić information content (AvgIpc) is 3.29. The largest absolute Gasteiger partial charge is 0.381 e. The van der Waals surface area contributed by atoms with Gasteiger partial charge in [0, 0.05) is 26.2 Å². The minimum absolute atomic E-state index is 0.0456. The number of hydrogen-bond donors (Lipinski definition) is 0. The lowest BCUT2D eigenvalue weighted by Gasteiger charge is -2.26. The molecule has 7 heteroatoms. The highest BCUT2D eigenvalue weighted by molar-refractivity contribution is 5.86. The molecule has 0 aliphatic carbocycles. The van der Waals surface area contributed by atoms with Crippen LogP contribution in [0.5, 0.6) is 0 Å². The summed E-state index contributed by atoms with van der Waals surface area (Å²) in [6.07, 6.45) is 1.05. The molecule has 2 aliphatic rings. The van der Waals surface area contributed by atoms with E-state index in [-0.39, 0.29) is 42.8 Å². The van der Waals surface area contributed by atoms with Gasteiger partial charge in [0.25, 0.3) is 0 Å². The molecule has 0 N–H and O–H groups in total. The molecule has 2 amide bonds. The summed E-state index contributed by atoms with van der Waals surface area (Å²) in [5.41, 5.74) is 1.87. The lowest BCUT2D eigenvalue weighted by atomic mass is 10.1. The van der Waals surface area contributed by atoms with Gasteiger partial charge in [-0.15, -0.1) is 0 Å². The van der Waals surface area contributed by atoms with E-state index in [1.165, 1.54) is 12.1 Å². The van der Waals surface area contributed by atoms with E-state index in [4.69, 9.17) is 9.47 Å². The van der Waals surface area contributed by atoms with E-state index in [2.05, 4.69) is 0 Å². The highest BCUT2D eigenvalue weighted by atomic mass is 19.1. The molecule has 2 fully saturated rings. The Morgan fingerprint density at radius 1 is 1.09 bits per heavy atom. The van der Waals surface area contributed by atoms with E-state index in [0.717, 1.165) is 17.5 Å². The van der Waals surface area contributed by atoms with Crippen molar-refractivity contribution in [1.82, 2.24) is 9.80 Å². The lowest BCUT2D eigenvalue weighted by molar-refractivity contribution is -0.141. The molecule has 0 aromatic heterocycles. The molecule has 0 spiro atoms.